The van der Waals surface area contributed by atoms with Crippen molar-refractivity contribution in [2.45, 2.75) is 43.2 Å². The predicted molar refractivity (Wildman–Crippen MR) is 154 cm³/mol. The number of carbonyl (C=O) groups excluding carboxylic acids is 3. The third-order valence-electron chi connectivity index (χ3n) is 7.81. The van der Waals surface area contributed by atoms with E-state index in [1.54, 1.807) is 0 Å². The smallest absolute Gasteiger partial charge is 0.341 e. The lowest BCUT2D eigenvalue weighted by Crippen LogP contribution is -2.58. The zero-order chi connectivity index (χ0) is 30.3. The van der Waals surface area contributed by atoms with E-state index in [0.29, 0.717) is 19.3 Å². The number of nitrogens with one attached hydrogen (secondary N) is 2. The summed E-state index contributed by atoms with van der Waals surface area (Å²) in [5, 5.41) is 18.0. The van der Waals surface area contributed by atoms with E-state index < -0.39 is 35.1 Å². The van der Waals surface area contributed by atoms with Crippen LogP contribution >= 0.6 is 12.4 Å². The summed E-state index contributed by atoms with van der Waals surface area (Å²) in [6.07, 6.45) is 3.25. The van der Waals surface area contributed by atoms with Gasteiger partial charge in [0.1, 0.15) is 6.04 Å². The first-order valence-corrected chi connectivity index (χ1v) is 13.6. The van der Waals surface area contributed by atoms with Gasteiger partial charge >= 0.3 is 12.0 Å². The molecule has 1 unspecified atom stereocenters. The maximum absolute atomic E-state index is 14.3. The van der Waals surface area contributed by atoms with Gasteiger partial charge in [0, 0.05) is 19.7 Å². The van der Waals surface area contributed by atoms with E-state index in [0.717, 1.165) is 47.7 Å². The van der Waals surface area contributed by atoms with E-state index >= 15 is 0 Å². The van der Waals surface area contributed by atoms with Crippen LogP contribution in [0.25, 0.3) is 0 Å². The summed E-state index contributed by atoms with van der Waals surface area (Å²) in [4.78, 5) is 38.6. The van der Waals surface area contributed by atoms with Crippen molar-refractivity contribution < 1.29 is 32.6 Å². The Hall–Kier alpha value is -4.05. The van der Waals surface area contributed by atoms with Gasteiger partial charge < -0.3 is 20.1 Å². The molecule has 230 valence electrons. The number of halogens is 3. The molecule has 1 aliphatic heterocycles. The molecule has 1 fully saturated rings. The minimum atomic E-state index is -1.31. The van der Waals surface area contributed by atoms with Crippen LogP contribution in [0.1, 0.15) is 42.9 Å². The van der Waals surface area contributed by atoms with Gasteiger partial charge in [-0.2, -0.15) is 5.26 Å². The second-order valence-electron chi connectivity index (χ2n) is 10.2. The Labute approximate surface area is 255 Å². The molecule has 13 heteroatoms. The molecule has 0 spiro atoms. The fourth-order valence-electron chi connectivity index (χ4n) is 5.65. The highest BCUT2D eigenvalue weighted by Gasteiger charge is 2.43. The minimum absolute atomic E-state index is 0. The topological polar surface area (TPSA) is 124 Å². The maximum atomic E-state index is 14.3. The third-order valence-corrected chi connectivity index (χ3v) is 7.81. The monoisotopic (exact) mass is 617 g/mol. The molecule has 2 aliphatic rings. The fourth-order valence-corrected chi connectivity index (χ4v) is 5.65. The molecule has 4 rings (SSSR count). The number of esters is 1. The average molecular weight is 618 g/mol. The summed E-state index contributed by atoms with van der Waals surface area (Å²) in [5.74, 6) is -3.13. The van der Waals surface area contributed by atoms with Crippen LogP contribution in [0.5, 0.6) is 0 Å². The molecule has 10 nitrogen and oxygen atoms in total. The van der Waals surface area contributed by atoms with E-state index in [1.165, 1.54) is 13.2 Å². The number of nitrogens with zero attached hydrogens (tertiary/aromatic N) is 3. The van der Waals surface area contributed by atoms with E-state index in [4.69, 9.17) is 9.47 Å². The summed E-state index contributed by atoms with van der Waals surface area (Å²) < 4.78 is 38.2. The first-order valence-electron chi connectivity index (χ1n) is 13.6. The number of urea groups is 1. The molecule has 1 heterocycles. The second kappa shape index (κ2) is 14.9. The number of hydrogen-bond donors (Lipinski definition) is 2. The number of ether oxygens (including phenoxy) is 2. The Kier molecular flexibility index (Phi) is 11.6. The molecule has 0 aromatic heterocycles. The van der Waals surface area contributed by atoms with Crippen molar-refractivity contribution in [3.05, 3.63) is 82.6 Å². The van der Waals surface area contributed by atoms with Crippen molar-refractivity contribution in [3.63, 3.8) is 0 Å². The van der Waals surface area contributed by atoms with Gasteiger partial charge in [0.05, 0.1) is 43.0 Å². The SMILES string of the molecule is COCC1=C(C(=O)OC)C(c2ccc(F)c(F)c2)N(N(C=O)CCN[C@H]2CC[C@@](C#N)(c3ccccc3)CC2)C(=O)N1.Cl. The molecule has 2 N–H and O–H groups in total. The lowest BCUT2D eigenvalue weighted by molar-refractivity contribution is -0.141. The van der Waals surface area contributed by atoms with Crippen LogP contribution in [0.3, 0.4) is 0 Å². The van der Waals surface area contributed by atoms with Gasteiger partial charge in [0.25, 0.3) is 0 Å². The Bertz CT molecular complexity index is 1380. The van der Waals surface area contributed by atoms with Crippen LogP contribution in [0.4, 0.5) is 13.6 Å². The van der Waals surface area contributed by atoms with Gasteiger partial charge in [-0.1, -0.05) is 36.4 Å². The number of hydrogen-bond acceptors (Lipinski definition) is 7. The van der Waals surface area contributed by atoms with Crippen molar-refractivity contribution in [1.82, 2.24) is 20.7 Å². The number of methoxy groups -OCH3 is 2. The van der Waals surface area contributed by atoms with Crippen molar-refractivity contribution in [3.8, 4) is 6.07 Å². The zero-order valence-electron chi connectivity index (χ0n) is 23.8. The average Bonchev–Trinajstić information content (AvgIpc) is 3.01. The molecule has 1 saturated carbocycles. The molecule has 2 aromatic carbocycles. The Balaban J connectivity index is 0.00000506. The lowest BCUT2D eigenvalue weighted by atomic mass is 9.69. The molecule has 3 amide bonds. The predicted octanol–water partition coefficient (Wildman–Crippen LogP) is 3.89. The lowest BCUT2D eigenvalue weighted by Gasteiger charge is -2.42. The van der Waals surface area contributed by atoms with Gasteiger partial charge in [0.15, 0.2) is 11.6 Å². The first-order chi connectivity index (χ1) is 20.3. The van der Waals surface area contributed by atoms with E-state index in [1.807, 2.05) is 30.3 Å². The molecule has 0 bridgehead atoms. The standard InChI is InChI=1S/C30H33F2N5O5.ClH/c1-41-17-25-26(28(39)42-2)27(20-8-9-23(31)24(32)16-20)37(29(40)35-25)36(19-38)15-14-34-22-10-12-30(18-33,13-11-22)21-6-4-3-5-7-21;/h3-9,16,19,22,27,34H,10-15,17H2,1-2H3,(H,35,40);1H/t22-,27?,30+;. The summed E-state index contributed by atoms with van der Waals surface area (Å²) >= 11 is 0. The molecule has 0 radical (unpaired) electrons. The second-order valence-corrected chi connectivity index (χ2v) is 10.2. The van der Waals surface area contributed by atoms with E-state index in [2.05, 4.69) is 16.7 Å². The van der Waals surface area contributed by atoms with Crippen molar-refractivity contribution in [2.75, 3.05) is 33.9 Å². The molecule has 1 atom stereocenters. The van der Waals surface area contributed by atoms with Gasteiger partial charge in [-0.3, -0.25) is 9.80 Å². The number of carbonyl (C=O) groups is 3. The van der Waals surface area contributed by atoms with Gasteiger partial charge in [-0.05, 0) is 48.9 Å². The summed E-state index contributed by atoms with van der Waals surface area (Å²) in [7, 11) is 2.51. The minimum Gasteiger partial charge on any atom is -0.466 e. The van der Waals surface area contributed by atoms with Crippen LogP contribution in [-0.2, 0) is 24.5 Å². The Morgan fingerprint density at radius 3 is 2.47 bits per heavy atom. The van der Waals surface area contributed by atoms with Gasteiger partial charge in [-0.25, -0.2) is 23.4 Å². The van der Waals surface area contributed by atoms with Gasteiger partial charge in [0.2, 0.25) is 6.41 Å². The van der Waals surface area contributed by atoms with Crippen molar-refractivity contribution in [2.24, 2.45) is 0 Å². The highest BCUT2D eigenvalue weighted by Crippen LogP contribution is 2.39. The van der Waals surface area contributed by atoms with Crippen LogP contribution in [0.15, 0.2) is 59.8 Å². The first kappa shape index (κ1) is 33.5. The number of nitriles is 1. The van der Waals surface area contributed by atoms with Crippen LogP contribution in [0.2, 0.25) is 0 Å². The number of rotatable bonds is 11. The molecule has 0 saturated heterocycles. The number of hydrazine groups is 1. The van der Waals surface area contributed by atoms with Crippen molar-refractivity contribution >= 4 is 30.8 Å². The normalized spacial score (nSPS) is 21.7. The molecule has 1 aliphatic carbocycles. The molecular weight excluding hydrogens is 584 g/mol. The quantitative estimate of drug-likeness (QED) is 0.290. The maximum Gasteiger partial charge on any atom is 0.341 e. The van der Waals surface area contributed by atoms with Gasteiger partial charge in [-0.15, -0.1) is 12.4 Å². The summed E-state index contributed by atoms with van der Waals surface area (Å²) in [6.45, 7) is 0.121. The largest absolute Gasteiger partial charge is 0.466 e. The molecule has 43 heavy (non-hydrogen) atoms. The number of benzene rings is 2. The van der Waals surface area contributed by atoms with E-state index in [9.17, 15) is 28.4 Å². The Morgan fingerprint density at radius 1 is 1.19 bits per heavy atom. The molecule has 2 aromatic rings. The highest BCUT2D eigenvalue weighted by molar-refractivity contribution is 5.95. The van der Waals surface area contributed by atoms with Crippen LogP contribution < -0.4 is 10.6 Å². The summed E-state index contributed by atoms with van der Waals surface area (Å²) in [5.41, 5.74) is 0.490. The zero-order valence-corrected chi connectivity index (χ0v) is 24.7. The third kappa shape index (κ3) is 7.13. The van der Waals surface area contributed by atoms with Crippen LogP contribution in [-0.4, -0.2) is 68.4 Å². The number of amides is 3. The summed E-state index contributed by atoms with van der Waals surface area (Å²) in [6, 6.07) is 13.2. The highest BCUT2D eigenvalue weighted by atomic mass is 35.5. The van der Waals surface area contributed by atoms with Crippen molar-refractivity contribution in [1.29, 1.82) is 5.26 Å². The fraction of sp³-hybridized carbons (Fsp3) is 0.400. The van der Waals surface area contributed by atoms with E-state index in [-0.39, 0.29) is 55.0 Å². The Morgan fingerprint density at radius 2 is 1.88 bits per heavy atom. The molecular formula is C30H34ClF2N5O5. The van der Waals surface area contributed by atoms with Crippen LogP contribution in [0, 0.1) is 23.0 Å².